The van der Waals surface area contributed by atoms with Crippen molar-refractivity contribution in [3.05, 3.63) is 66.1 Å². The number of nitrogens with zero attached hydrogens (tertiary/aromatic N) is 5. The Morgan fingerprint density at radius 3 is 2.85 bits per heavy atom. The van der Waals surface area contributed by atoms with E-state index in [-0.39, 0.29) is 0 Å². The lowest BCUT2D eigenvalue weighted by atomic mass is 10.0. The quantitative estimate of drug-likeness (QED) is 0.690. The van der Waals surface area contributed by atoms with E-state index in [9.17, 15) is 0 Å². The molecule has 0 aliphatic carbocycles. The van der Waals surface area contributed by atoms with Crippen LogP contribution in [0, 0.1) is 6.92 Å². The fourth-order valence-electron chi connectivity index (χ4n) is 3.12. The van der Waals surface area contributed by atoms with Crippen LogP contribution < -0.4 is 5.06 Å². The fourth-order valence-corrected chi connectivity index (χ4v) is 3.80. The first-order valence-electron chi connectivity index (χ1n) is 8.84. The first kappa shape index (κ1) is 17.6. The molecule has 0 saturated carbocycles. The van der Waals surface area contributed by atoms with E-state index in [1.807, 2.05) is 41.8 Å². The highest BCUT2D eigenvalue weighted by Crippen LogP contribution is 2.31. The van der Waals surface area contributed by atoms with E-state index in [1.165, 1.54) is 0 Å². The second-order valence-corrected chi connectivity index (χ2v) is 7.16. The zero-order valence-electron chi connectivity index (χ0n) is 15.2. The molecule has 1 aromatic carbocycles. The summed E-state index contributed by atoms with van der Waals surface area (Å²) in [6.45, 7) is 9.17. The summed E-state index contributed by atoms with van der Waals surface area (Å²) in [4.78, 5) is 21.1. The van der Waals surface area contributed by atoms with Crippen molar-refractivity contribution in [2.75, 3.05) is 31.3 Å². The van der Waals surface area contributed by atoms with Crippen molar-refractivity contribution in [1.82, 2.24) is 19.9 Å². The SMILES string of the molecule is C=C(c1ccccc1-c1nccs1)N1CCON(c2cc(C)ncn2)CC1. The highest BCUT2D eigenvalue weighted by Gasteiger charge is 2.20. The smallest absolute Gasteiger partial charge is 0.156 e. The molecule has 1 aliphatic heterocycles. The Balaban J connectivity index is 1.53. The largest absolute Gasteiger partial charge is 0.367 e. The van der Waals surface area contributed by atoms with Crippen LogP contribution >= 0.6 is 11.3 Å². The summed E-state index contributed by atoms with van der Waals surface area (Å²) in [6.07, 6.45) is 3.40. The van der Waals surface area contributed by atoms with Gasteiger partial charge in [0.15, 0.2) is 5.82 Å². The molecule has 0 N–H and O–H groups in total. The van der Waals surface area contributed by atoms with E-state index < -0.39 is 0 Å². The van der Waals surface area contributed by atoms with Gasteiger partial charge in [-0.25, -0.2) is 20.0 Å². The van der Waals surface area contributed by atoms with E-state index in [0.717, 1.165) is 46.4 Å². The van der Waals surface area contributed by atoms with Crippen molar-refractivity contribution >= 4 is 22.9 Å². The monoisotopic (exact) mass is 379 g/mol. The van der Waals surface area contributed by atoms with E-state index in [2.05, 4.69) is 38.6 Å². The van der Waals surface area contributed by atoms with Gasteiger partial charge in [0, 0.05) is 53.3 Å². The number of hydrogen-bond donors (Lipinski definition) is 0. The molecule has 7 heteroatoms. The average Bonchev–Trinajstić information content (AvgIpc) is 3.12. The molecular weight excluding hydrogens is 358 g/mol. The summed E-state index contributed by atoms with van der Waals surface area (Å²) in [5.41, 5.74) is 4.14. The van der Waals surface area contributed by atoms with Crippen LogP contribution in [0.25, 0.3) is 16.3 Å². The number of hydrogen-bond acceptors (Lipinski definition) is 7. The van der Waals surface area contributed by atoms with Crippen molar-refractivity contribution in [3.63, 3.8) is 0 Å². The summed E-state index contributed by atoms with van der Waals surface area (Å²) in [5, 5.41) is 4.85. The van der Waals surface area contributed by atoms with Crippen molar-refractivity contribution in [1.29, 1.82) is 0 Å². The molecule has 3 aromatic rings. The summed E-state index contributed by atoms with van der Waals surface area (Å²) in [6, 6.07) is 10.2. The van der Waals surface area contributed by atoms with Crippen molar-refractivity contribution in [3.8, 4) is 10.6 Å². The van der Waals surface area contributed by atoms with Crippen molar-refractivity contribution in [2.45, 2.75) is 6.92 Å². The maximum absolute atomic E-state index is 5.91. The van der Waals surface area contributed by atoms with Gasteiger partial charge in [-0.1, -0.05) is 30.8 Å². The Hall–Kier alpha value is -2.77. The van der Waals surface area contributed by atoms with Gasteiger partial charge in [0.2, 0.25) is 0 Å². The Labute approximate surface area is 162 Å². The molecular formula is C20H21N5OS. The lowest BCUT2D eigenvalue weighted by molar-refractivity contribution is 0.119. The molecule has 3 heterocycles. The van der Waals surface area contributed by atoms with Gasteiger partial charge in [-0.3, -0.25) is 4.84 Å². The zero-order valence-corrected chi connectivity index (χ0v) is 16.0. The normalized spacial score (nSPS) is 14.9. The third kappa shape index (κ3) is 3.84. The first-order chi connectivity index (χ1) is 13.2. The minimum Gasteiger partial charge on any atom is -0.367 e. The van der Waals surface area contributed by atoms with Crippen LogP contribution in [0.15, 0.2) is 54.8 Å². The van der Waals surface area contributed by atoms with E-state index in [0.29, 0.717) is 13.2 Å². The van der Waals surface area contributed by atoms with Gasteiger partial charge in [-0.05, 0) is 6.92 Å². The third-order valence-corrected chi connectivity index (χ3v) is 5.32. The van der Waals surface area contributed by atoms with Gasteiger partial charge < -0.3 is 4.90 Å². The number of benzene rings is 1. The Morgan fingerprint density at radius 1 is 1.15 bits per heavy atom. The summed E-state index contributed by atoms with van der Waals surface area (Å²) in [5.74, 6) is 0.790. The predicted molar refractivity (Wildman–Crippen MR) is 108 cm³/mol. The molecule has 0 radical (unpaired) electrons. The Kier molecular flexibility index (Phi) is 5.13. The van der Waals surface area contributed by atoms with Crippen LogP contribution in [-0.2, 0) is 4.84 Å². The molecule has 1 saturated heterocycles. The van der Waals surface area contributed by atoms with Crippen molar-refractivity contribution in [2.24, 2.45) is 0 Å². The summed E-state index contributed by atoms with van der Waals surface area (Å²) >= 11 is 1.64. The van der Waals surface area contributed by atoms with Crippen molar-refractivity contribution < 1.29 is 4.84 Å². The van der Waals surface area contributed by atoms with Gasteiger partial charge in [0.05, 0.1) is 13.2 Å². The lowest BCUT2D eigenvalue weighted by Gasteiger charge is -2.25. The van der Waals surface area contributed by atoms with E-state index in [4.69, 9.17) is 4.84 Å². The van der Waals surface area contributed by atoms with Crippen LogP contribution in [-0.4, -0.2) is 46.1 Å². The lowest BCUT2D eigenvalue weighted by Crippen LogP contribution is -2.29. The molecule has 2 aromatic heterocycles. The second kappa shape index (κ2) is 7.85. The predicted octanol–water partition coefficient (Wildman–Crippen LogP) is 3.63. The van der Waals surface area contributed by atoms with Crippen LogP contribution in [0.2, 0.25) is 0 Å². The molecule has 0 atom stereocenters. The van der Waals surface area contributed by atoms with Gasteiger partial charge in [-0.15, -0.1) is 11.3 Å². The number of aryl methyl sites for hydroxylation is 1. The molecule has 0 unspecified atom stereocenters. The first-order valence-corrected chi connectivity index (χ1v) is 9.72. The maximum Gasteiger partial charge on any atom is 0.156 e. The van der Waals surface area contributed by atoms with Gasteiger partial charge in [0.1, 0.15) is 11.3 Å². The molecule has 4 rings (SSSR count). The highest BCUT2D eigenvalue weighted by molar-refractivity contribution is 7.13. The fraction of sp³-hybridized carbons (Fsp3) is 0.250. The number of hydroxylamine groups is 1. The molecule has 27 heavy (non-hydrogen) atoms. The van der Waals surface area contributed by atoms with Crippen LogP contribution in [0.4, 0.5) is 5.82 Å². The minimum absolute atomic E-state index is 0.571. The third-order valence-electron chi connectivity index (χ3n) is 4.51. The summed E-state index contributed by atoms with van der Waals surface area (Å²) < 4.78 is 0. The Morgan fingerprint density at radius 2 is 2.04 bits per heavy atom. The molecule has 1 aliphatic rings. The topological polar surface area (TPSA) is 54.4 Å². The zero-order chi connectivity index (χ0) is 18.6. The molecule has 1 fully saturated rings. The van der Waals surface area contributed by atoms with Crippen LogP contribution in [0.5, 0.6) is 0 Å². The van der Waals surface area contributed by atoms with E-state index in [1.54, 1.807) is 17.7 Å². The number of rotatable bonds is 4. The average molecular weight is 379 g/mol. The molecule has 0 bridgehead atoms. The number of anilines is 1. The number of thiazole rings is 1. The highest BCUT2D eigenvalue weighted by atomic mass is 32.1. The maximum atomic E-state index is 5.91. The summed E-state index contributed by atoms with van der Waals surface area (Å²) in [7, 11) is 0. The molecule has 138 valence electrons. The van der Waals surface area contributed by atoms with Crippen LogP contribution in [0.1, 0.15) is 11.3 Å². The Bertz CT molecular complexity index is 928. The molecule has 0 amide bonds. The molecule has 0 spiro atoms. The van der Waals surface area contributed by atoms with E-state index >= 15 is 0 Å². The number of aromatic nitrogens is 3. The van der Waals surface area contributed by atoms with Crippen LogP contribution in [0.3, 0.4) is 0 Å². The van der Waals surface area contributed by atoms with Gasteiger partial charge in [0.25, 0.3) is 0 Å². The molecule has 6 nitrogen and oxygen atoms in total. The minimum atomic E-state index is 0.571. The standard InChI is InChI=1S/C20H21N5OS/c1-15-13-19(23-14-22-15)25-9-8-24(10-11-26-25)16(2)17-5-3-4-6-18(17)20-21-7-12-27-20/h3-7,12-14H,2,8-11H2,1H3. The van der Waals surface area contributed by atoms with Gasteiger partial charge in [-0.2, -0.15) is 0 Å². The second-order valence-electron chi connectivity index (χ2n) is 6.27. The van der Waals surface area contributed by atoms with Gasteiger partial charge >= 0.3 is 0 Å².